The molecule has 2 nitrogen and oxygen atoms in total. The topological polar surface area (TPSA) is 26.3 Å². The number of unbranched alkanes of at least 4 members (excludes halogenated alkanes) is 3. The van der Waals surface area contributed by atoms with E-state index < -0.39 is 0 Å². The summed E-state index contributed by atoms with van der Waals surface area (Å²) in [5.74, 6) is 3.52. The van der Waals surface area contributed by atoms with Crippen molar-refractivity contribution in [1.29, 1.82) is 0 Å². The van der Waals surface area contributed by atoms with Crippen LogP contribution in [0.15, 0.2) is 11.1 Å². The van der Waals surface area contributed by atoms with E-state index in [1.165, 1.54) is 37.0 Å². The van der Waals surface area contributed by atoms with E-state index in [2.05, 4.69) is 34.6 Å². The highest BCUT2D eigenvalue weighted by Crippen LogP contribution is 2.46. The maximum absolute atomic E-state index is 12.5. The van der Waals surface area contributed by atoms with Crippen molar-refractivity contribution in [1.82, 2.24) is 0 Å². The first-order chi connectivity index (χ1) is 11.3. The fourth-order valence-electron chi connectivity index (χ4n) is 4.10. The smallest absolute Gasteiger partial charge is 0.159 e. The molecule has 0 aromatic heterocycles. The van der Waals surface area contributed by atoms with Gasteiger partial charge in [-0.15, -0.1) is 0 Å². The van der Waals surface area contributed by atoms with Gasteiger partial charge in [0.2, 0.25) is 0 Å². The summed E-state index contributed by atoms with van der Waals surface area (Å²) in [7, 11) is 0. The van der Waals surface area contributed by atoms with Crippen LogP contribution in [0.2, 0.25) is 0 Å². The maximum Gasteiger partial charge on any atom is 0.159 e. The molecule has 0 aliphatic heterocycles. The van der Waals surface area contributed by atoms with Gasteiger partial charge in [-0.05, 0) is 51.7 Å². The van der Waals surface area contributed by atoms with Gasteiger partial charge in [-0.3, -0.25) is 4.79 Å². The van der Waals surface area contributed by atoms with E-state index in [1.807, 2.05) is 11.8 Å². The summed E-state index contributed by atoms with van der Waals surface area (Å²) in [4.78, 5) is 12.5. The minimum absolute atomic E-state index is 0.107. The molecule has 0 saturated heterocycles. The van der Waals surface area contributed by atoms with Crippen molar-refractivity contribution < 1.29 is 9.53 Å². The molecule has 0 aromatic carbocycles. The molecule has 2 unspecified atom stereocenters. The number of hydrogen-bond acceptors (Lipinski definition) is 3. The molecule has 0 aromatic rings. The van der Waals surface area contributed by atoms with E-state index in [-0.39, 0.29) is 11.7 Å². The predicted octanol–water partition coefficient (Wildman–Crippen LogP) is 5.80. The Morgan fingerprint density at radius 3 is 2.62 bits per heavy atom. The Morgan fingerprint density at radius 1 is 1.21 bits per heavy atom. The summed E-state index contributed by atoms with van der Waals surface area (Å²) in [5.41, 5.74) is 2.48. The third-order valence-electron chi connectivity index (χ3n) is 5.23. The highest BCUT2D eigenvalue weighted by molar-refractivity contribution is 7.99. The predicted molar refractivity (Wildman–Crippen MR) is 105 cm³/mol. The van der Waals surface area contributed by atoms with Gasteiger partial charge in [-0.25, -0.2) is 0 Å². The van der Waals surface area contributed by atoms with Crippen LogP contribution in [-0.4, -0.2) is 29.0 Å². The van der Waals surface area contributed by atoms with E-state index in [0.29, 0.717) is 17.6 Å². The summed E-state index contributed by atoms with van der Waals surface area (Å²) in [6.07, 6.45) is 8.28. The average molecular weight is 353 g/mol. The molecule has 24 heavy (non-hydrogen) atoms. The lowest BCUT2D eigenvalue weighted by molar-refractivity contribution is -0.117. The van der Waals surface area contributed by atoms with Crippen molar-refractivity contribution in [3.8, 4) is 0 Å². The van der Waals surface area contributed by atoms with Crippen molar-refractivity contribution in [2.75, 3.05) is 11.5 Å². The summed E-state index contributed by atoms with van der Waals surface area (Å²) >= 11 is 1.96. The molecule has 2 aliphatic rings. The summed E-state index contributed by atoms with van der Waals surface area (Å²) in [6.45, 7) is 11.0. The highest BCUT2D eigenvalue weighted by atomic mass is 32.2. The molecular formula is C21H36O2S. The van der Waals surface area contributed by atoms with Crippen LogP contribution in [0.3, 0.4) is 0 Å². The molecule has 0 amide bonds. The lowest BCUT2D eigenvalue weighted by Crippen LogP contribution is -2.35. The van der Waals surface area contributed by atoms with Gasteiger partial charge >= 0.3 is 0 Å². The Balaban J connectivity index is 1.99. The van der Waals surface area contributed by atoms with Crippen LogP contribution in [0.1, 0.15) is 79.6 Å². The summed E-state index contributed by atoms with van der Waals surface area (Å²) < 4.78 is 6.38. The number of thioether (sulfide) groups is 1. The molecule has 0 bridgehead atoms. The van der Waals surface area contributed by atoms with Gasteiger partial charge in [0.1, 0.15) is 0 Å². The highest BCUT2D eigenvalue weighted by Gasteiger charge is 2.43. The first kappa shape index (κ1) is 20.0. The number of rotatable bonds is 8. The zero-order valence-electron chi connectivity index (χ0n) is 16.3. The van der Waals surface area contributed by atoms with Gasteiger partial charge < -0.3 is 4.74 Å². The van der Waals surface area contributed by atoms with E-state index in [0.717, 1.165) is 30.6 Å². The second-order valence-corrected chi connectivity index (χ2v) is 9.67. The van der Waals surface area contributed by atoms with Crippen molar-refractivity contribution in [3.05, 3.63) is 11.1 Å². The van der Waals surface area contributed by atoms with Crippen molar-refractivity contribution >= 4 is 17.5 Å². The average Bonchev–Trinajstić information content (AvgIpc) is 2.79. The zero-order valence-corrected chi connectivity index (χ0v) is 17.1. The van der Waals surface area contributed by atoms with Crippen LogP contribution < -0.4 is 0 Å². The van der Waals surface area contributed by atoms with E-state index in [4.69, 9.17) is 4.74 Å². The molecule has 0 spiro atoms. The summed E-state index contributed by atoms with van der Waals surface area (Å²) in [5, 5.41) is 0. The minimum Gasteiger partial charge on any atom is -0.372 e. The Kier molecular flexibility index (Phi) is 7.42. The first-order valence-corrected chi connectivity index (χ1v) is 11.0. The van der Waals surface area contributed by atoms with E-state index in [1.54, 1.807) is 0 Å². The number of Topliss-reactive ketones (excluding diaryl/α,β-unsaturated/α-hetero) is 1. The number of carbonyl (C=O) groups excluding carboxylic acids is 1. The number of hydrogen-bond donors (Lipinski definition) is 0. The van der Waals surface area contributed by atoms with Gasteiger partial charge in [0, 0.05) is 23.7 Å². The summed E-state index contributed by atoms with van der Waals surface area (Å²) in [6, 6.07) is 0. The number of fused-ring (bicyclic) bond motifs is 1. The molecule has 1 saturated carbocycles. The number of ether oxygens (including phenoxy) is 1. The van der Waals surface area contributed by atoms with Crippen molar-refractivity contribution in [2.24, 2.45) is 11.8 Å². The third kappa shape index (κ3) is 5.36. The van der Waals surface area contributed by atoms with Gasteiger partial charge in [-0.1, -0.05) is 38.7 Å². The van der Waals surface area contributed by atoms with Crippen LogP contribution in [0, 0.1) is 11.8 Å². The fraction of sp³-hybridized carbons (Fsp3) is 0.857. The van der Waals surface area contributed by atoms with Gasteiger partial charge in [0.25, 0.3) is 0 Å². The fourth-order valence-corrected chi connectivity index (χ4v) is 5.20. The zero-order chi connectivity index (χ0) is 17.7. The molecule has 0 radical (unpaired) electrons. The van der Waals surface area contributed by atoms with E-state index in [9.17, 15) is 4.79 Å². The van der Waals surface area contributed by atoms with Crippen LogP contribution >= 0.6 is 11.8 Å². The molecule has 2 rings (SSSR count). The Hall–Kier alpha value is -0.280. The second-order valence-electron chi connectivity index (χ2n) is 8.56. The van der Waals surface area contributed by atoms with Crippen LogP contribution in [0.5, 0.6) is 0 Å². The van der Waals surface area contributed by atoms with Crippen LogP contribution in [0.4, 0.5) is 0 Å². The number of ketones is 1. The standard InChI is InChI=1S/C21H36O2S/c1-6-7-8-9-12-24-14-18-17-13-15(2)20(23-21(3,4)5)16(17)10-11-19(18)22/h15-16,20H,6-14H2,1-5H3/t15?,16?,20-/m0/s1. The van der Waals surface area contributed by atoms with Crippen LogP contribution in [-0.2, 0) is 9.53 Å². The number of carbonyl (C=O) groups is 1. The lowest BCUT2D eigenvalue weighted by Gasteiger charge is -2.33. The van der Waals surface area contributed by atoms with Gasteiger partial charge in [0.15, 0.2) is 5.78 Å². The molecule has 1 fully saturated rings. The molecule has 138 valence electrons. The van der Waals surface area contributed by atoms with Gasteiger partial charge in [0.05, 0.1) is 11.7 Å². The molecule has 3 atom stereocenters. The van der Waals surface area contributed by atoms with Crippen LogP contribution in [0.25, 0.3) is 0 Å². The molecule has 3 heteroatoms. The van der Waals surface area contributed by atoms with E-state index >= 15 is 0 Å². The first-order valence-electron chi connectivity index (χ1n) is 9.84. The quantitative estimate of drug-likeness (QED) is 0.516. The largest absolute Gasteiger partial charge is 0.372 e. The monoisotopic (exact) mass is 352 g/mol. The normalized spacial score (nSPS) is 27.7. The Morgan fingerprint density at radius 2 is 1.96 bits per heavy atom. The molecular weight excluding hydrogens is 316 g/mol. The maximum atomic E-state index is 12.5. The SMILES string of the molecule is CCCCCCSCC1=C2CC(C)[C@H](OC(C)(C)C)C2CCC1=O. The van der Waals surface area contributed by atoms with Crippen molar-refractivity contribution in [3.63, 3.8) is 0 Å². The Bertz CT molecular complexity index is 461. The second kappa shape index (κ2) is 8.89. The van der Waals surface area contributed by atoms with Crippen molar-refractivity contribution in [2.45, 2.75) is 91.3 Å². The Labute approximate surface area is 153 Å². The lowest BCUT2D eigenvalue weighted by atomic mass is 9.83. The van der Waals surface area contributed by atoms with Gasteiger partial charge in [-0.2, -0.15) is 11.8 Å². The molecule has 0 N–H and O–H groups in total. The molecule has 2 aliphatic carbocycles. The third-order valence-corrected chi connectivity index (χ3v) is 6.30. The minimum atomic E-state index is -0.107. The molecule has 0 heterocycles.